The predicted molar refractivity (Wildman–Crippen MR) is 46.6 cm³/mol. The zero-order chi connectivity index (χ0) is 7.11. The van der Waals surface area contributed by atoms with E-state index in [1.54, 1.807) is 5.57 Å². The van der Waals surface area contributed by atoms with Crippen molar-refractivity contribution in [1.82, 2.24) is 0 Å². The lowest BCUT2D eigenvalue weighted by molar-refractivity contribution is 0.856. The standard InChI is InChI=1S/C8H17B/c1-3-5-8(4-2)6-7-9/h6H,3-5,7,9H2,1-2H3/b8-6+. The van der Waals surface area contributed by atoms with Crippen molar-refractivity contribution in [3.63, 3.8) is 0 Å². The maximum absolute atomic E-state index is 2.35. The molecule has 0 aliphatic rings. The van der Waals surface area contributed by atoms with Crippen molar-refractivity contribution < 1.29 is 0 Å². The Bertz CT molecular complexity index is 84.6. The molecule has 0 aromatic heterocycles. The van der Waals surface area contributed by atoms with Crippen LogP contribution in [0, 0.1) is 0 Å². The molecule has 0 aromatic carbocycles. The third-order valence-electron chi connectivity index (χ3n) is 1.52. The first kappa shape index (κ1) is 8.80. The average Bonchev–Trinajstić information content (AvgIpc) is 1.88. The molecule has 52 valence electrons. The van der Waals surface area contributed by atoms with Gasteiger partial charge in [0.25, 0.3) is 0 Å². The number of allylic oxidation sites excluding steroid dienone is 2. The van der Waals surface area contributed by atoms with Crippen LogP contribution >= 0.6 is 0 Å². The highest BCUT2D eigenvalue weighted by Crippen LogP contribution is 2.08. The number of rotatable bonds is 4. The first-order chi connectivity index (χ1) is 4.35. The van der Waals surface area contributed by atoms with E-state index in [4.69, 9.17) is 0 Å². The molecule has 0 radical (unpaired) electrons. The van der Waals surface area contributed by atoms with E-state index in [9.17, 15) is 0 Å². The molecule has 9 heavy (non-hydrogen) atoms. The minimum Gasteiger partial charge on any atom is -0.0932 e. The fourth-order valence-electron chi connectivity index (χ4n) is 1.03. The van der Waals surface area contributed by atoms with E-state index in [0.29, 0.717) is 0 Å². The van der Waals surface area contributed by atoms with Crippen LogP contribution in [0.3, 0.4) is 0 Å². The SMILES string of the molecule is BC/C=C(\CC)CCC. The largest absolute Gasteiger partial charge is 0.106 e. The first-order valence-corrected chi connectivity index (χ1v) is 4.03. The molecular weight excluding hydrogens is 107 g/mol. The van der Waals surface area contributed by atoms with Crippen LogP contribution in [0.2, 0.25) is 6.32 Å². The summed E-state index contributed by atoms with van der Waals surface area (Å²) in [6.07, 6.45) is 7.37. The van der Waals surface area contributed by atoms with Crippen LogP contribution in [-0.4, -0.2) is 7.85 Å². The van der Waals surface area contributed by atoms with Crippen molar-refractivity contribution in [1.29, 1.82) is 0 Å². The van der Waals surface area contributed by atoms with Gasteiger partial charge in [0, 0.05) is 0 Å². The van der Waals surface area contributed by atoms with E-state index in [0.717, 1.165) is 0 Å². The maximum Gasteiger partial charge on any atom is 0.106 e. The van der Waals surface area contributed by atoms with Gasteiger partial charge in [-0.15, -0.1) is 0 Å². The second-order valence-corrected chi connectivity index (χ2v) is 2.37. The van der Waals surface area contributed by atoms with Crippen LogP contribution in [-0.2, 0) is 0 Å². The Morgan fingerprint density at radius 2 is 2.11 bits per heavy atom. The second-order valence-electron chi connectivity index (χ2n) is 2.37. The van der Waals surface area contributed by atoms with Gasteiger partial charge in [-0.25, -0.2) is 0 Å². The zero-order valence-corrected chi connectivity index (χ0v) is 6.91. The van der Waals surface area contributed by atoms with Crippen LogP contribution in [0.1, 0.15) is 33.1 Å². The Labute approximate surface area is 59.8 Å². The molecule has 0 aliphatic heterocycles. The maximum atomic E-state index is 2.35. The molecule has 0 rings (SSSR count). The molecule has 0 saturated heterocycles. The van der Waals surface area contributed by atoms with Gasteiger partial charge in [0.05, 0.1) is 0 Å². The molecule has 0 unspecified atom stereocenters. The van der Waals surface area contributed by atoms with Gasteiger partial charge >= 0.3 is 0 Å². The van der Waals surface area contributed by atoms with E-state index in [2.05, 4.69) is 27.8 Å². The van der Waals surface area contributed by atoms with Crippen molar-refractivity contribution in [3.05, 3.63) is 11.6 Å². The van der Waals surface area contributed by atoms with Gasteiger partial charge in [0.15, 0.2) is 0 Å². The molecule has 0 N–H and O–H groups in total. The zero-order valence-electron chi connectivity index (χ0n) is 6.91. The minimum absolute atomic E-state index is 1.20. The molecule has 0 amide bonds. The van der Waals surface area contributed by atoms with Gasteiger partial charge < -0.3 is 0 Å². The summed E-state index contributed by atoms with van der Waals surface area (Å²) in [6.45, 7) is 4.47. The van der Waals surface area contributed by atoms with E-state index in [1.807, 2.05) is 0 Å². The Kier molecular flexibility index (Phi) is 5.80. The summed E-state index contributed by atoms with van der Waals surface area (Å²) in [5.74, 6) is 0. The minimum atomic E-state index is 1.20. The number of hydrogen-bond acceptors (Lipinski definition) is 0. The fraction of sp³-hybridized carbons (Fsp3) is 0.750. The molecule has 0 aromatic rings. The molecule has 0 saturated carbocycles. The third-order valence-corrected chi connectivity index (χ3v) is 1.52. The summed E-state index contributed by atoms with van der Waals surface area (Å²) in [7, 11) is 2.20. The molecule has 0 bridgehead atoms. The lowest BCUT2D eigenvalue weighted by Gasteiger charge is -1.99. The van der Waals surface area contributed by atoms with Gasteiger partial charge in [-0.1, -0.05) is 38.2 Å². The quantitative estimate of drug-likeness (QED) is 0.398. The molecule has 0 spiro atoms. The summed E-state index contributed by atoms with van der Waals surface area (Å²) in [4.78, 5) is 0. The van der Waals surface area contributed by atoms with Crippen LogP contribution < -0.4 is 0 Å². The number of hydrogen-bond donors (Lipinski definition) is 0. The lowest BCUT2D eigenvalue weighted by Crippen LogP contribution is -1.79. The summed E-state index contributed by atoms with van der Waals surface area (Å²) in [6, 6.07) is 0. The van der Waals surface area contributed by atoms with Crippen molar-refractivity contribution >= 4 is 7.85 Å². The summed E-state index contributed by atoms with van der Waals surface area (Å²) >= 11 is 0. The van der Waals surface area contributed by atoms with E-state index < -0.39 is 0 Å². The fourth-order valence-corrected chi connectivity index (χ4v) is 1.03. The Morgan fingerprint density at radius 3 is 2.44 bits per heavy atom. The average molecular weight is 124 g/mol. The highest BCUT2D eigenvalue weighted by molar-refractivity contribution is 6.09. The normalized spacial score (nSPS) is 12.0. The summed E-state index contributed by atoms with van der Waals surface area (Å²) in [5.41, 5.74) is 1.63. The third kappa shape index (κ3) is 4.32. The Morgan fingerprint density at radius 1 is 1.44 bits per heavy atom. The molecule has 0 aliphatic carbocycles. The smallest absolute Gasteiger partial charge is 0.0932 e. The van der Waals surface area contributed by atoms with Crippen molar-refractivity contribution in [3.8, 4) is 0 Å². The van der Waals surface area contributed by atoms with Gasteiger partial charge in [0.1, 0.15) is 7.85 Å². The van der Waals surface area contributed by atoms with Crippen LogP contribution in [0.15, 0.2) is 11.6 Å². The van der Waals surface area contributed by atoms with Gasteiger partial charge in [-0.2, -0.15) is 0 Å². The highest BCUT2D eigenvalue weighted by atomic mass is 13.9. The second kappa shape index (κ2) is 5.93. The Balaban J connectivity index is 3.53. The van der Waals surface area contributed by atoms with Crippen molar-refractivity contribution in [2.24, 2.45) is 0 Å². The molecule has 1 heteroatoms. The first-order valence-electron chi connectivity index (χ1n) is 4.03. The molecule has 0 fully saturated rings. The van der Waals surface area contributed by atoms with Crippen molar-refractivity contribution in [2.75, 3.05) is 0 Å². The van der Waals surface area contributed by atoms with Crippen molar-refractivity contribution in [2.45, 2.75) is 39.4 Å². The van der Waals surface area contributed by atoms with Gasteiger partial charge in [-0.05, 0) is 12.8 Å². The Hall–Kier alpha value is -0.195. The van der Waals surface area contributed by atoms with Gasteiger partial charge in [0.2, 0.25) is 0 Å². The predicted octanol–water partition coefficient (Wildman–Crippen LogP) is 2.17. The summed E-state index contributed by atoms with van der Waals surface area (Å²) < 4.78 is 0. The lowest BCUT2D eigenvalue weighted by atomic mass is 9.99. The van der Waals surface area contributed by atoms with Gasteiger partial charge in [-0.3, -0.25) is 0 Å². The van der Waals surface area contributed by atoms with E-state index in [1.165, 1.54) is 25.6 Å². The molecular formula is C8H17B. The highest BCUT2D eigenvalue weighted by Gasteiger charge is 1.88. The topological polar surface area (TPSA) is 0 Å². The van der Waals surface area contributed by atoms with Crippen LogP contribution in [0.4, 0.5) is 0 Å². The van der Waals surface area contributed by atoms with Crippen LogP contribution in [0.5, 0.6) is 0 Å². The van der Waals surface area contributed by atoms with Crippen LogP contribution in [0.25, 0.3) is 0 Å². The van der Waals surface area contributed by atoms with E-state index >= 15 is 0 Å². The molecule has 0 nitrogen and oxygen atoms in total. The summed E-state index contributed by atoms with van der Waals surface area (Å²) in [5, 5.41) is 0. The molecule has 0 heterocycles. The monoisotopic (exact) mass is 124 g/mol. The van der Waals surface area contributed by atoms with E-state index in [-0.39, 0.29) is 0 Å². The molecule has 0 atom stereocenters.